The van der Waals surface area contributed by atoms with E-state index in [9.17, 15) is 4.79 Å². The molecule has 1 aromatic heterocycles. The lowest BCUT2D eigenvalue weighted by atomic mass is 10.0. The molecule has 0 aliphatic carbocycles. The molecular formula is C14H16N4O2. The van der Waals surface area contributed by atoms with Gasteiger partial charge >= 0.3 is 0 Å². The molecule has 6 nitrogen and oxygen atoms in total. The highest BCUT2D eigenvalue weighted by atomic mass is 16.5. The van der Waals surface area contributed by atoms with Gasteiger partial charge in [-0.05, 0) is 24.6 Å². The molecule has 2 aromatic rings. The topological polar surface area (TPSA) is 104 Å². The first-order valence-electron chi connectivity index (χ1n) is 6.07. The Morgan fingerprint density at radius 3 is 2.45 bits per heavy atom. The predicted octanol–water partition coefficient (Wildman–Crippen LogP) is 1.07. The number of methoxy groups -OCH3 is 1. The smallest absolute Gasteiger partial charge is 0.252 e. The first-order valence-corrected chi connectivity index (χ1v) is 6.07. The Kier molecular flexibility index (Phi) is 3.84. The number of amides is 1. The van der Waals surface area contributed by atoms with E-state index in [1.165, 1.54) is 0 Å². The zero-order valence-electron chi connectivity index (χ0n) is 11.4. The van der Waals surface area contributed by atoms with Gasteiger partial charge in [0.1, 0.15) is 5.75 Å². The molecule has 0 aliphatic rings. The number of nitrogen functional groups attached to an aromatic ring is 1. The van der Waals surface area contributed by atoms with Gasteiger partial charge in [0.05, 0.1) is 24.1 Å². The van der Waals surface area contributed by atoms with E-state index in [0.717, 1.165) is 11.3 Å². The fourth-order valence-electron chi connectivity index (χ4n) is 2.04. The third-order valence-electron chi connectivity index (χ3n) is 2.96. The summed E-state index contributed by atoms with van der Waals surface area (Å²) in [4.78, 5) is 19.6. The number of carbonyl (C=O) groups excluding carboxylic acids is 1. The fraction of sp³-hybridized carbons (Fsp3) is 0.214. The summed E-state index contributed by atoms with van der Waals surface area (Å²) >= 11 is 0. The Balaban J connectivity index is 2.39. The Labute approximate surface area is 116 Å². The van der Waals surface area contributed by atoms with E-state index in [1.807, 2.05) is 24.3 Å². The van der Waals surface area contributed by atoms with Crippen LogP contribution in [0.15, 0.2) is 24.3 Å². The average molecular weight is 272 g/mol. The van der Waals surface area contributed by atoms with Crippen LogP contribution in [0, 0.1) is 6.92 Å². The number of benzene rings is 1. The van der Waals surface area contributed by atoms with Crippen LogP contribution in [0.3, 0.4) is 0 Å². The largest absolute Gasteiger partial charge is 0.497 e. The summed E-state index contributed by atoms with van der Waals surface area (Å²) in [7, 11) is 1.61. The maximum Gasteiger partial charge on any atom is 0.252 e. The van der Waals surface area contributed by atoms with Gasteiger partial charge in [-0.3, -0.25) is 4.79 Å². The van der Waals surface area contributed by atoms with Gasteiger partial charge in [-0.15, -0.1) is 0 Å². The van der Waals surface area contributed by atoms with Gasteiger partial charge in [-0.1, -0.05) is 12.1 Å². The van der Waals surface area contributed by atoms with Gasteiger partial charge in [0.15, 0.2) is 0 Å². The molecule has 6 heteroatoms. The molecule has 0 atom stereocenters. The Hall–Kier alpha value is -2.63. The summed E-state index contributed by atoms with van der Waals surface area (Å²) in [6.07, 6.45) is 0.454. The van der Waals surface area contributed by atoms with Crippen LogP contribution in [-0.2, 0) is 6.42 Å². The molecular weight excluding hydrogens is 256 g/mol. The van der Waals surface area contributed by atoms with Gasteiger partial charge in [-0.2, -0.15) is 0 Å². The van der Waals surface area contributed by atoms with Crippen LogP contribution < -0.4 is 16.2 Å². The standard InChI is InChI=1S/C14H16N4O2/c1-8-12(13(15)19)11(18-14(16)17-8)7-9-3-5-10(20-2)6-4-9/h3-6H,7H2,1-2H3,(H2,15,19)(H2,16,17,18). The molecule has 1 aromatic carbocycles. The van der Waals surface area contributed by atoms with E-state index in [1.54, 1.807) is 14.0 Å². The van der Waals surface area contributed by atoms with Gasteiger partial charge in [0.2, 0.25) is 5.95 Å². The number of hydrogen-bond acceptors (Lipinski definition) is 5. The van der Waals surface area contributed by atoms with E-state index in [4.69, 9.17) is 16.2 Å². The molecule has 0 aliphatic heterocycles. The van der Waals surface area contributed by atoms with Crippen molar-refractivity contribution in [3.05, 3.63) is 46.8 Å². The van der Waals surface area contributed by atoms with Crippen molar-refractivity contribution in [2.45, 2.75) is 13.3 Å². The monoisotopic (exact) mass is 272 g/mol. The minimum Gasteiger partial charge on any atom is -0.497 e. The highest BCUT2D eigenvalue weighted by Gasteiger charge is 2.15. The van der Waals surface area contributed by atoms with E-state index in [-0.39, 0.29) is 5.95 Å². The zero-order valence-corrected chi connectivity index (χ0v) is 11.4. The van der Waals surface area contributed by atoms with Crippen molar-refractivity contribution in [2.24, 2.45) is 5.73 Å². The van der Waals surface area contributed by atoms with Crippen LogP contribution in [0.5, 0.6) is 5.75 Å². The van der Waals surface area contributed by atoms with Crippen LogP contribution >= 0.6 is 0 Å². The quantitative estimate of drug-likeness (QED) is 0.866. The van der Waals surface area contributed by atoms with E-state index >= 15 is 0 Å². The fourth-order valence-corrected chi connectivity index (χ4v) is 2.04. The summed E-state index contributed by atoms with van der Waals surface area (Å²) in [6, 6.07) is 7.49. The lowest BCUT2D eigenvalue weighted by Crippen LogP contribution is -2.19. The maximum absolute atomic E-state index is 11.5. The molecule has 1 heterocycles. The molecule has 104 valence electrons. The number of nitrogens with two attached hydrogens (primary N) is 2. The van der Waals surface area contributed by atoms with Crippen molar-refractivity contribution < 1.29 is 9.53 Å². The van der Waals surface area contributed by atoms with Crippen LogP contribution in [0.1, 0.15) is 27.3 Å². The maximum atomic E-state index is 11.5. The number of nitrogens with zero attached hydrogens (tertiary/aromatic N) is 2. The van der Waals surface area contributed by atoms with Crippen molar-refractivity contribution >= 4 is 11.9 Å². The number of primary amides is 1. The predicted molar refractivity (Wildman–Crippen MR) is 75.5 cm³/mol. The van der Waals surface area contributed by atoms with E-state index in [0.29, 0.717) is 23.4 Å². The number of ether oxygens (including phenoxy) is 1. The van der Waals surface area contributed by atoms with E-state index < -0.39 is 5.91 Å². The molecule has 0 saturated carbocycles. The number of carbonyl (C=O) groups is 1. The molecule has 0 unspecified atom stereocenters. The molecule has 0 bridgehead atoms. The van der Waals surface area contributed by atoms with Crippen LogP contribution in [0.2, 0.25) is 0 Å². The van der Waals surface area contributed by atoms with Crippen molar-refractivity contribution in [3.8, 4) is 5.75 Å². The van der Waals surface area contributed by atoms with Gasteiger partial charge in [0, 0.05) is 6.42 Å². The first kappa shape index (κ1) is 13.8. The summed E-state index contributed by atoms with van der Waals surface area (Å²) in [5, 5.41) is 0. The summed E-state index contributed by atoms with van der Waals surface area (Å²) < 4.78 is 5.10. The Bertz CT molecular complexity index is 638. The third kappa shape index (κ3) is 2.85. The number of rotatable bonds is 4. The molecule has 0 radical (unpaired) electrons. The summed E-state index contributed by atoms with van der Waals surface area (Å²) in [6.45, 7) is 1.69. The minimum absolute atomic E-state index is 0.135. The van der Waals surface area contributed by atoms with Crippen molar-refractivity contribution in [2.75, 3.05) is 12.8 Å². The minimum atomic E-state index is -0.550. The SMILES string of the molecule is COc1ccc(Cc2nc(N)nc(C)c2C(N)=O)cc1. The lowest BCUT2D eigenvalue weighted by molar-refractivity contribution is 0.0998. The second kappa shape index (κ2) is 5.56. The molecule has 2 rings (SSSR count). The van der Waals surface area contributed by atoms with Gasteiger partial charge in [0.25, 0.3) is 5.91 Å². The number of aromatic nitrogens is 2. The van der Waals surface area contributed by atoms with Crippen molar-refractivity contribution in [3.63, 3.8) is 0 Å². The first-order chi connectivity index (χ1) is 9.51. The summed E-state index contributed by atoms with van der Waals surface area (Å²) in [5.41, 5.74) is 13.4. The van der Waals surface area contributed by atoms with E-state index in [2.05, 4.69) is 9.97 Å². The molecule has 1 amide bonds. The second-order valence-corrected chi connectivity index (χ2v) is 4.38. The molecule has 4 N–H and O–H groups in total. The lowest BCUT2D eigenvalue weighted by Gasteiger charge is -2.10. The second-order valence-electron chi connectivity index (χ2n) is 4.38. The third-order valence-corrected chi connectivity index (χ3v) is 2.96. The van der Waals surface area contributed by atoms with Crippen LogP contribution in [-0.4, -0.2) is 23.0 Å². The Morgan fingerprint density at radius 2 is 1.90 bits per heavy atom. The van der Waals surface area contributed by atoms with Gasteiger partial charge in [-0.25, -0.2) is 9.97 Å². The molecule has 0 spiro atoms. The normalized spacial score (nSPS) is 10.3. The van der Waals surface area contributed by atoms with Crippen molar-refractivity contribution in [1.29, 1.82) is 0 Å². The number of hydrogen-bond donors (Lipinski definition) is 2. The van der Waals surface area contributed by atoms with Crippen molar-refractivity contribution in [1.82, 2.24) is 9.97 Å². The number of aryl methyl sites for hydroxylation is 1. The highest BCUT2D eigenvalue weighted by Crippen LogP contribution is 2.18. The average Bonchev–Trinajstić information content (AvgIpc) is 2.38. The molecule has 0 saturated heterocycles. The molecule has 0 fully saturated rings. The zero-order chi connectivity index (χ0) is 14.7. The number of anilines is 1. The Morgan fingerprint density at radius 1 is 1.25 bits per heavy atom. The molecule has 20 heavy (non-hydrogen) atoms. The highest BCUT2D eigenvalue weighted by molar-refractivity contribution is 5.95. The summed E-state index contributed by atoms with van der Waals surface area (Å²) in [5.74, 6) is 0.351. The van der Waals surface area contributed by atoms with Crippen LogP contribution in [0.25, 0.3) is 0 Å². The van der Waals surface area contributed by atoms with Crippen LogP contribution in [0.4, 0.5) is 5.95 Å². The van der Waals surface area contributed by atoms with Gasteiger partial charge < -0.3 is 16.2 Å².